The minimum absolute atomic E-state index is 0.308. The van der Waals surface area contributed by atoms with Crippen molar-refractivity contribution in [3.05, 3.63) is 10.7 Å². The number of hydrogen-bond acceptors (Lipinski definition) is 4. The molecule has 0 aromatic carbocycles. The zero-order valence-corrected chi connectivity index (χ0v) is 12.8. The molecule has 0 N–H and O–H groups in total. The molecular weight excluding hydrogens is 264 g/mol. The van der Waals surface area contributed by atoms with Crippen molar-refractivity contribution in [1.29, 1.82) is 0 Å². The van der Waals surface area contributed by atoms with Gasteiger partial charge in [0.2, 0.25) is 5.88 Å². The minimum Gasteiger partial charge on any atom is -0.477 e. The zero-order valence-electron chi connectivity index (χ0n) is 12.0. The summed E-state index contributed by atoms with van der Waals surface area (Å²) in [6, 6.07) is 0.308. The molecule has 5 heteroatoms. The fourth-order valence-electron chi connectivity index (χ4n) is 1.52. The fraction of sp³-hybridized carbons (Fsp3) is 0.714. The van der Waals surface area contributed by atoms with Crippen molar-refractivity contribution in [2.24, 2.45) is 0 Å². The Kier molecular flexibility index (Phi) is 7.56. The number of unbranched alkanes of at least 4 members (excludes halogenated alkanes) is 2. The van der Waals surface area contributed by atoms with Crippen LogP contribution in [-0.4, -0.2) is 23.2 Å². The summed E-state index contributed by atoms with van der Waals surface area (Å²) < 4.78 is 11.2. The van der Waals surface area contributed by atoms with Crippen molar-refractivity contribution in [3.8, 4) is 11.9 Å². The number of aromatic nitrogens is 2. The molecule has 0 atom stereocenters. The van der Waals surface area contributed by atoms with Crippen molar-refractivity contribution in [3.63, 3.8) is 0 Å². The minimum atomic E-state index is 0.308. The van der Waals surface area contributed by atoms with Gasteiger partial charge in [0.05, 0.1) is 18.8 Å². The molecule has 0 radical (unpaired) electrons. The molecule has 0 spiro atoms. The molecule has 0 bridgehead atoms. The monoisotopic (exact) mass is 286 g/mol. The maximum Gasteiger partial charge on any atom is 0.321 e. The predicted molar refractivity (Wildman–Crippen MR) is 77.2 cm³/mol. The first-order chi connectivity index (χ1) is 9.22. The highest BCUT2D eigenvalue weighted by Gasteiger charge is 2.13. The van der Waals surface area contributed by atoms with Crippen LogP contribution in [0.25, 0.3) is 0 Å². The number of hydrogen-bond donors (Lipinski definition) is 0. The van der Waals surface area contributed by atoms with Crippen LogP contribution in [0, 0.1) is 0 Å². The molecule has 0 aliphatic rings. The Bertz CT molecular complexity index is 386. The van der Waals surface area contributed by atoms with Crippen LogP contribution in [-0.2, 0) is 6.42 Å². The Balaban J connectivity index is 2.78. The lowest BCUT2D eigenvalue weighted by Crippen LogP contribution is -2.07. The average molecular weight is 287 g/mol. The van der Waals surface area contributed by atoms with Crippen molar-refractivity contribution in [1.82, 2.24) is 9.97 Å². The first-order valence-corrected chi connectivity index (χ1v) is 7.42. The molecule has 0 amide bonds. The van der Waals surface area contributed by atoms with Crippen molar-refractivity contribution >= 4 is 11.6 Å². The third kappa shape index (κ3) is 5.23. The van der Waals surface area contributed by atoms with Gasteiger partial charge < -0.3 is 9.47 Å². The zero-order chi connectivity index (χ0) is 14.1. The average Bonchev–Trinajstić information content (AvgIpc) is 2.39. The van der Waals surface area contributed by atoms with E-state index >= 15 is 0 Å². The van der Waals surface area contributed by atoms with E-state index in [0.717, 1.165) is 37.7 Å². The molecule has 1 heterocycles. The highest BCUT2D eigenvalue weighted by Crippen LogP contribution is 2.26. The standard InChI is InChI=1S/C14H23ClN2O2/c1-4-7-9-18-13-11(6-3)12(15)16-14(17-13)19-10-8-5-2/h4-10H2,1-3H3. The van der Waals surface area contributed by atoms with Gasteiger partial charge in [0, 0.05) is 0 Å². The van der Waals surface area contributed by atoms with E-state index in [1.807, 2.05) is 6.92 Å². The maximum atomic E-state index is 6.15. The van der Waals surface area contributed by atoms with Crippen LogP contribution in [0.4, 0.5) is 0 Å². The van der Waals surface area contributed by atoms with Gasteiger partial charge in [-0.3, -0.25) is 0 Å². The summed E-state index contributed by atoms with van der Waals surface area (Å²) in [5.74, 6) is 0.558. The van der Waals surface area contributed by atoms with E-state index in [1.165, 1.54) is 0 Å². The molecular formula is C14H23ClN2O2. The molecule has 1 aromatic heterocycles. The lowest BCUT2D eigenvalue weighted by atomic mass is 10.2. The molecule has 19 heavy (non-hydrogen) atoms. The van der Waals surface area contributed by atoms with Crippen molar-refractivity contribution < 1.29 is 9.47 Å². The van der Waals surface area contributed by atoms with Crippen LogP contribution in [0.15, 0.2) is 0 Å². The Morgan fingerprint density at radius 3 is 2.16 bits per heavy atom. The van der Waals surface area contributed by atoms with E-state index in [0.29, 0.717) is 30.3 Å². The Hall–Kier alpha value is -1.03. The highest BCUT2D eigenvalue weighted by atomic mass is 35.5. The maximum absolute atomic E-state index is 6.15. The second-order valence-electron chi connectivity index (χ2n) is 4.34. The summed E-state index contributed by atoms with van der Waals surface area (Å²) in [6.45, 7) is 7.49. The Labute approximate surface area is 120 Å². The van der Waals surface area contributed by atoms with Crippen molar-refractivity contribution in [2.75, 3.05) is 13.2 Å². The van der Waals surface area contributed by atoms with Gasteiger partial charge in [0.25, 0.3) is 0 Å². The fourth-order valence-corrected chi connectivity index (χ4v) is 1.81. The lowest BCUT2D eigenvalue weighted by molar-refractivity contribution is 0.262. The topological polar surface area (TPSA) is 44.2 Å². The van der Waals surface area contributed by atoms with Gasteiger partial charge in [0.1, 0.15) is 5.15 Å². The molecule has 0 unspecified atom stereocenters. The van der Waals surface area contributed by atoms with Crippen LogP contribution in [0.5, 0.6) is 11.9 Å². The van der Waals surface area contributed by atoms with E-state index in [9.17, 15) is 0 Å². The van der Waals surface area contributed by atoms with Crippen LogP contribution < -0.4 is 9.47 Å². The van der Waals surface area contributed by atoms with Gasteiger partial charge in [-0.15, -0.1) is 0 Å². The number of nitrogens with zero attached hydrogens (tertiary/aromatic N) is 2. The van der Waals surface area contributed by atoms with Gasteiger partial charge in [-0.05, 0) is 19.3 Å². The SMILES string of the molecule is CCCCOc1nc(Cl)c(CC)c(OCCCC)n1. The molecule has 1 rings (SSSR count). The van der Waals surface area contributed by atoms with Crippen LogP contribution >= 0.6 is 11.6 Å². The normalized spacial score (nSPS) is 10.5. The molecule has 0 fully saturated rings. The molecule has 4 nitrogen and oxygen atoms in total. The first-order valence-electron chi connectivity index (χ1n) is 7.04. The quantitative estimate of drug-likeness (QED) is 0.507. The summed E-state index contributed by atoms with van der Waals surface area (Å²) >= 11 is 6.15. The van der Waals surface area contributed by atoms with E-state index in [-0.39, 0.29) is 0 Å². The van der Waals surface area contributed by atoms with Gasteiger partial charge in [-0.1, -0.05) is 45.2 Å². The van der Waals surface area contributed by atoms with Gasteiger partial charge in [-0.2, -0.15) is 9.97 Å². The number of ether oxygens (including phenoxy) is 2. The van der Waals surface area contributed by atoms with E-state index < -0.39 is 0 Å². The molecule has 0 aliphatic heterocycles. The third-order valence-corrected chi connectivity index (χ3v) is 3.03. The summed E-state index contributed by atoms with van der Waals surface area (Å²) in [4.78, 5) is 8.46. The summed E-state index contributed by atoms with van der Waals surface area (Å²) in [7, 11) is 0. The summed E-state index contributed by atoms with van der Waals surface area (Å²) in [5, 5.41) is 0.426. The summed E-state index contributed by atoms with van der Waals surface area (Å²) in [5.41, 5.74) is 0.848. The Morgan fingerprint density at radius 1 is 0.947 bits per heavy atom. The smallest absolute Gasteiger partial charge is 0.321 e. The van der Waals surface area contributed by atoms with E-state index in [1.54, 1.807) is 0 Å². The van der Waals surface area contributed by atoms with Crippen LogP contribution in [0.1, 0.15) is 52.0 Å². The first kappa shape index (κ1) is 16.0. The van der Waals surface area contributed by atoms with Gasteiger partial charge in [-0.25, -0.2) is 0 Å². The second kappa shape index (κ2) is 8.97. The van der Waals surface area contributed by atoms with Gasteiger partial charge in [0.15, 0.2) is 0 Å². The van der Waals surface area contributed by atoms with Crippen molar-refractivity contribution in [2.45, 2.75) is 52.9 Å². The third-order valence-electron chi connectivity index (χ3n) is 2.72. The lowest BCUT2D eigenvalue weighted by Gasteiger charge is -2.12. The highest BCUT2D eigenvalue weighted by molar-refractivity contribution is 6.30. The van der Waals surface area contributed by atoms with Crippen LogP contribution in [0.2, 0.25) is 5.15 Å². The Morgan fingerprint density at radius 2 is 1.58 bits per heavy atom. The van der Waals surface area contributed by atoms with E-state index in [2.05, 4.69) is 23.8 Å². The van der Waals surface area contributed by atoms with Crippen LogP contribution in [0.3, 0.4) is 0 Å². The molecule has 0 saturated heterocycles. The predicted octanol–water partition coefficient (Wildman–Crippen LogP) is 4.05. The van der Waals surface area contributed by atoms with E-state index in [4.69, 9.17) is 21.1 Å². The molecule has 108 valence electrons. The largest absolute Gasteiger partial charge is 0.477 e. The molecule has 0 aliphatic carbocycles. The molecule has 1 aromatic rings. The summed E-state index contributed by atoms with van der Waals surface area (Å²) in [6.07, 6.45) is 4.87. The number of rotatable bonds is 9. The molecule has 0 saturated carbocycles. The van der Waals surface area contributed by atoms with Gasteiger partial charge >= 0.3 is 6.01 Å². The number of halogens is 1. The second-order valence-corrected chi connectivity index (χ2v) is 4.70.